The largest absolute Gasteiger partial charge is 0.497 e. The molecular weight excluding hydrogens is 254 g/mol. The van der Waals surface area contributed by atoms with Gasteiger partial charge in [-0.25, -0.2) is 0 Å². The average Bonchev–Trinajstić information content (AvgIpc) is 2.51. The van der Waals surface area contributed by atoms with Crippen LogP contribution in [0.25, 0.3) is 0 Å². The van der Waals surface area contributed by atoms with E-state index in [2.05, 4.69) is 5.32 Å². The quantitative estimate of drug-likeness (QED) is 0.866. The summed E-state index contributed by atoms with van der Waals surface area (Å²) in [5.74, 6) is 1.40. The van der Waals surface area contributed by atoms with E-state index in [1.54, 1.807) is 7.11 Å². The van der Waals surface area contributed by atoms with Crippen molar-refractivity contribution >= 4 is 5.91 Å². The van der Waals surface area contributed by atoms with Crippen LogP contribution in [0.2, 0.25) is 0 Å². The van der Waals surface area contributed by atoms with Crippen molar-refractivity contribution in [3.05, 3.63) is 60.2 Å². The molecule has 0 saturated carbocycles. The van der Waals surface area contributed by atoms with Crippen LogP contribution in [-0.2, 0) is 4.79 Å². The second-order valence-electron chi connectivity index (χ2n) is 4.61. The molecule has 2 aromatic rings. The minimum Gasteiger partial charge on any atom is -0.497 e. The van der Waals surface area contributed by atoms with Crippen LogP contribution in [0.3, 0.4) is 0 Å². The Morgan fingerprint density at radius 1 is 0.950 bits per heavy atom. The summed E-state index contributed by atoms with van der Waals surface area (Å²) in [4.78, 5) is 11.7. The van der Waals surface area contributed by atoms with Gasteiger partial charge in [-0.15, -0.1) is 0 Å². The van der Waals surface area contributed by atoms with E-state index in [1.807, 2.05) is 54.6 Å². The van der Waals surface area contributed by atoms with Gasteiger partial charge in [0, 0.05) is 0 Å². The number of carbonyl (C=O) groups excluding carboxylic acids is 1. The highest BCUT2D eigenvalue weighted by atomic mass is 16.5. The van der Waals surface area contributed by atoms with E-state index in [-0.39, 0.29) is 11.9 Å². The molecule has 1 aliphatic heterocycles. The van der Waals surface area contributed by atoms with Gasteiger partial charge < -0.3 is 14.8 Å². The van der Waals surface area contributed by atoms with Crippen LogP contribution in [0.1, 0.15) is 11.6 Å². The van der Waals surface area contributed by atoms with Gasteiger partial charge in [0.1, 0.15) is 17.5 Å². The number of nitrogens with one attached hydrogen (secondary N) is 1. The second kappa shape index (κ2) is 5.25. The Labute approximate surface area is 117 Å². The van der Waals surface area contributed by atoms with Gasteiger partial charge in [0.05, 0.1) is 7.11 Å². The Balaban J connectivity index is 1.75. The zero-order valence-corrected chi connectivity index (χ0v) is 11.1. The standard InChI is InChI=1S/C16H15NO3/c1-19-12-9-7-11(8-10-12)14-15(16(18)17-14)20-13-5-3-2-4-6-13/h2-10,14-15H,1H3,(H,17,18). The van der Waals surface area contributed by atoms with E-state index in [0.717, 1.165) is 11.3 Å². The normalized spacial score (nSPS) is 20.8. The maximum absolute atomic E-state index is 11.7. The summed E-state index contributed by atoms with van der Waals surface area (Å²) in [7, 11) is 1.63. The maximum atomic E-state index is 11.7. The van der Waals surface area contributed by atoms with Crippen molar-refractivity contribution < 1.29 is 14.3 Å². The molecule has 0 spiro atoms. The summed E-state index contributed by atoms with van der Waals surface area (Å²) in [6.45, 7) is 0. The van der Waals surface area contributed by atoms with Crippen molar-refractivity contribution in [2.45, 2.75) is 12.1 Å². The number of amides is 1. The number of carbonyl (C=O) groups is 1. The Bertz CT molecular complexity index is 595. The van der Waals surface area contributed by atoms with Crippen LogP contribution in [0.15, 0.2) is 54.6 Å². The summed E-state index contributed by atoms with van der Waals surface area (Å²) in [6.07, 6.45) is -0.481. The number of β-lactam (4-membered cyclic amide) rings is 1. The molecule has 0 aromatic heterocycles. The maximum Gasteiger partial charge on any atom is 0.264 e. The van der Waals surface area contributed by atoms with Crippen LogP contribution in [-0.4, -0.2) is 19.1 Å². The average molecular weight is 269 g/mol. The molecule has 1 heterocycles. The molecule has 102 valence electrons. The first-order valence-electron chi connectivity index (χ1n) is 6.44. The Kier molecular flexibility index (Phi) is 3.29. The first-order valence-corrected chi connectivity index (χ1v) is 6.44. The summed E-state index contributed by atoms with van der Waals surface area (Å²) in [5, 5.41) is 2.86. The summed E-state index contributed by atoms with van der Waals surface area (Å²) in [5.41, 5.74) is 1.01. The van der Waals surface area contributed by atoms with E-state index in [9.17, 15) is 4.79 Å². The van der Waals surface area contributed by atoms with E-state index < -0.39 is 6.10 Å². The molecule has 1 fully saturated rings. The fourth-order valence-electron chi connectivity index (χ4n) is 2.20. The van der Waals surface area contributed by atoms with Crippen molar-refractivity contribution in [2.75, 3.05) is 7.11 Å². The summed E-state index contributed by atoms with van der Waals surface area (Å²) < 4.78 is 10.9. The molecular formula is C16H15NO3. The molecule has 2 unspecified atom stereocenters. The van der Waals surface area contributed by atoms with Crippen molar-refractivity contribution in [1.82, 2.24) is 5.32 Å². The fourth-order valence-corrected chi connectivity index (χ4v) is 2.20. The zero-order valence-electron chi connectivity index (χ0n) is 11.1. The fraction of sp³-hybridized carbons (Fsp3) is 0.188. The smallest absolute Gasteiger partial charge is 0.264 e. The second-order valence-corrected chi connectivity index (χ2v) is 4.61. The minimum atomic E-state index is -0.481. The molecule has 4 nitrogen and oxygen atoms in total. The summed E-state index contributed by atoms with van der Waals surface area (Å²) >= 11 is 0. The van der Waals surface area contributed by atoms with Gasteiger partial charge in [0.15, 0.2) is 0 Å². The van der Waals surface area contributed by atoms with Crippen LogP contribution in [0.5, 0.6) is 11.5 Å². The highest BCUT2D eigenvalue weighted by molar-refractivity contribution is 5.89. The molecule has 1 aliphatic rings. The highest BCUT2D eigenvalue weighted by Crippen LogP contribution is 2.29. The van der Waals surface area contributed by atoms with Crippen LogP contribution in [0, 0.1) is 0 Å². The molecule has 0 radical (unpaired) electrons. The van der Waals surface area contributed by atoms with E-state index in [0.29, 0.717) is 5.75 Å². The van der Waals surface area contributed by atoms with Gasteiger partial charge in [-0.3, -0.25) is 4.79 Å². The monoisotopic (exact) mass is 269 g/mol. The summed E-state index contributed by atoms with van der Waals surface area (Å²) in [6, 6.07) is 16.9. The van der Waals surface area contributed by atoms with Gasteiger partial charge in [0.25, 0.3) is 5.91 Å². The molecule has 20 heavy (non-hydrogen) atoms. The molecule has 1 N–H and O–H groups in total. The van der Waals surface area contributed by atoms with Gasteiger partial charge in [0.2, 0.25) is 6.10 Å². The van der Waals surface area contributed by atoms with Crippen LogP contribution in [0.4, 0.5) is 0 Å². The first kappa shape index (κ1) is 12.5. The van der Waals surface area contributed by atoms with E-state index in [1.165, 1.54) is 0 Å². The van der Waals surface area contributed by atoms with E-state index >= 15 is 0 Å². The Morgan fingerprint density at radius 2 is 1.65 bits per heavy atom. The third-order valence-electron chi connectivity index (χ3n) is 3.34. The van der Waals surface area contributed by atoms with Crippen LogP contribution < -0.4 is 14.8 Å². The van der Waals surface area contributed by atoms with Crippen LogP contribution >= 0.6 is 0 Å². The lowest BCUT2D eigenvalue weighted by Crippen LogP contribution is -2.58. The highest BCUT2D eigenvalue weighted by Gasteiger charge is 2.42. The third-order valence-corrected chi connectivity index (χ3v) is 3.34. The molecule has 3 rings (SSSR count). The number of ether oxygens (including phenoxy) is 2. The Morgan fingerprint density at radius 3 is 2.25 bits per heavy atom. The molecule has 4 heteroatoms. The van der Waals surface area contributed by atoms with Crippen molar-refractivity contribution in [2.24, 2.45) is 0 Å². The van der Waals surface area contributed by atoms with Crippen molar-refractivity contribution in [1.29, 1.82) is 0 Å². The number of para-hydroxylation sites is 1. The van der Waals surface area contributed by atoms with Gasteiger partial charge in [-0.2, -0.15) is 0 Å². The van der Waals surface area contributed by atoms with Gasteiger partial charge in [-0.1, -0.05) is 30.3 Å². The molecule has 0 aliphatic carbocycles. The molecule has 2 aromatic carbocycles. The number of hydrogen-bond donors (Lipinski definition) is 1. The van der Waals surface area contributed by atoms with Gasteiger partial charge in [-0.05, 0) is 29.8 Å². The third kappa shape index (κ3) is 2.32. The van der Waals surface area contributed by atoms with Crippen molar-refractivity contribution in [3.63, 3.8) is 0 Å². The first-order chi connectivity index (χ1) is 9.78. The lowest BCUT2D eigenvalue weighted by Gasteiger charge is -2.36. The van der Waals surface area contributed by atoms with E-state index in [4.69, 9.17) is 9.47 Å². The lowest BCUT2D eigenvalue weighted by atomic mass is 9.94. The minimum absolute atomic E-state index is 0.0883. The Hall–Kier alpha value is -2.49. The number of hydrogen-bond acceptors (Lipinski definition) is 3. The van der Waals surface area contributed by atoms with Crippen molar-refractivity contribution in [3.8, 4) is 11.5 Å². The molecule has 1 amide bonds. The number of methoxy groups -OCH3 is 1. The SMILES string of the molecule is COc1ccc(C2NC(=O)C2Oc2ccccc2)cc1. The predicted octanol–water partition coefficient (Wildman–Crippen LogP) is 2.31. The molecule has 0 bridgehead atoms. The topological polar surface area (TPSA) is 47.6 Å². The molecule has 2 atom stereocenters. The number of rotatable bonds is 4. The number of benzene rings is 2. The predicted molar refractivity (Wildman–Crippen MR) is 74.7 cm³/mol. The van der Waals surface area contributed by atoms with Gasteiger partial charge >= 0.3 is 0 Å². The lowest BCUT2D eigenvalue weighted by molar-refractivity contribution is -0.140. The molecule has 1 saturated heterocycles. The zero-order chi connectivity index (χ0) is 13.9.